The second-order valence-electron chi connectivity index (χ2n) is 8.21. The van der Waals surface area contributed by atoms with Gasteiger partial charge in [0.05, 0.1) is 11.0 Å². The average molecular weight is 281 g/mol. The number of carboxylic acids is 1. The normalized spacial score (nSPS) is 31.9. The first-order valence-electron chi connectivity index (χ1n) is 7.58. The monoisotopic (exact) mass is 281 g/mol. The van der Waals surface area contributed by atoms with E-state index in [1.54, 1.807) is 0 Å². The van der Waals surface area contributed by atoms with E-state index in [1.807, 2.05) is 6.92 Å². The van der Waals surface area contributed by atoms with Crippen LogP contribution in [-0.4, -0.2) is 16.6 Å². The molecule has 0 saturated heterocycles. The second kappa shape index (κ2) is 4.87. The third kappa shape index (κ3) is 2.20. The first-order chi connectivity index (χ1) is 8.84. The number of hydrogen-bond acceptors (Lipinski definition) is 2. The highest BCUT2D eigenvalue weighted by Gasteiger charge is 2.62. The molecular formula is C17H31NO2. The van der Waals surface area contributed by atoms with Gasteiger partial charge in [-0.3, -0.25) is 4.79 Å². The minimum Gasteiger partial charge on any atom is -0.481 e. The number of allylic oxidation sites excluding steroid dienone is 1. The van der Waals surface area contributed by atoms with E-state index in [2.05, 4.69) is 47.6 Å². The van der Waals surface area contributed by atoms with Crippen LogP contribution in [0, 0.1) is 16.2 Å². The number of aliphatic carboxylic acids is 1. The van der Waals surface area contributed by atoms with Crippen molar-refractivity contribution in [2.45, 2.75) is 73.3 Å². The molecule has 3 N–H and O–H groups in total. The van der Waals surface area contributed by atoms with Crippen LogP contribution < -0.4 is 5.73 Å². The summed E-state index contributed by atoms with van der Waals surface area (Å²) in [4.78, 5) is 12.1. The van der Waals surface area contributed by atoms with Crippen LogP contribution in [0.25, 0.3) is 0 Å². The van der Waals surface area contributed by atoms with Crippen molar-refractivity contribution in [2.75, 3.05) is 0 Å². The van der Waals surface area contributed by atoms with Gasteiger partial charge in [0.25, 0.3) is 0 Å². The number of nitrogens with two attached hydrogens (primary N) is 1. The molecule has 2 unspecified atom stereocenters. The Balaban J connectivity index is 3.68. The molecule has 0 heterocycles. The van der Waals surface area contributed by atoms with Crippen LogP contribution in [0.4, 0.5) is 0 Å². The van der Waals surface area contributed by atoms with Crippen molar-refractivity contribution in [1.29, 1.82) is 0 Å². The minimum absolute atomic E-state index is 0.127. The summed E-state index contributed by atoms with van der Waals surface area (Å²) in [6.07, 6.45) is 4.15. The van der Waals surface area contributed by atoms with Gasteiger partial charge >= 0.3 is 5.97 Å². The summed E-state index contributed by atoms with van der Waals surface area (Å²) in [7, 11) is 0. The largest absolute Gasteiger partial charge is 0.481 e. The van der Waals surface area contributed by atoms with E-state index in [1.165, 1.54) is 0 Å². The molecule has 1 rings (SSSR count). The number of rotatable bonds is 2. The SMILES string of the molecule is CCC1(C(=O)O)CCC=C(C(C)(C)C)C1(N)C(C)(C)C. The molecule has 0 aromatic carbocycles. The van der Waals surface area contributed by atoms with Gasteiger partial charge in [-0.1, -0.05) is 54.5 Å². The van der Waals surface area contributed by atoms with Crippen LogP contribution in [0.1, 0.15) is 67.7 Å². The van der Waals surface area contributed by atoms with Crippen molar-refractivity contribution in [3.63, 3.8) is 0 Å². The van der Waals surface area contributed by atoms with Crippen molar-refractivity contribution in [3.8, 4) is 0 Å². The molecule has 2 atom stereocenters. The van der Waals surface area contributed by atoms with Gasteiger partial charge in [-0.05, 0) is 35.7 Å². The molecule has 0 aliphatic heterocycles. The van der Waals surface area contributed by atoms with Gasteiger partial charge in [-0.25, -0.2) is 0 Å². The summed E-state index contributed by atoms with van der Waals surface area (Å²) in [6, 6.07) is 0. The lowest BCUT2D eigenvalue weighted by molar-refractivity contribution is -0.158. The summed E-state index contributed by atoms with van der Waals surface area (Å²) >= 11 is 0. The van der Waals surface area contributed by atoms with Gasteiger partial charge in [-0.2, -0.15) is 0 Å². The van der Waals surface area contributed by atoms with Gasteiger partial charge < -0.3 is 10.8 Å². The molecule has 0 aromatic rings. The quantitative estimate of drug-likeness (QED) is 0.753. The van der Waals surface area contributed by atoms with Crippen LogP contribution in [0.15, 0.2) is 11.6 Å². The molecule has 3 nitrogen and oxygen atoms in total. The summed E-state index contributed by atoms with van der Waals surface area (Å²) in [5.74, 6) is -0.757. The minimum atomic E-state index is -0.886. The smallest absolute Gasteiger partial charge is 0.311 e. The highest BCUT2D eigenvalue weighted by molar-refractivity contribution is 5.78. The summed E-state index contributed by atoms with van der Waals surface area (Å²) in [5.41, 5.74) is 5.83. The maximum atomic E-state index is 12.1. The molecule has 0 aromatic heterocycles. The average Bonchev–Trinajstić information content (AvgIpc) is 2.25. The molecule has 3 heteroatoms. The Bertz CT molecular complexity index is 425. The molecule has 0 fully saturated rings. The first kappa shape index (κ1) is 17.2. The maximum Gasteiger partial charge on any atom is 0.311 e. The van der Waals surface area contributed by atoms with E-state index < -0.39 is 16.9 Å². The van der Waals surface area contributed by atoms with Crippen LogP contribution in [-0.2, 0) is 4.79 Å². The van der Waals surface area contributed by atoms with Gasteiger partial charge in [0, 0.05) is 0 Å². The fraction of sp³-hybridized carbons (Fsp3) is 0.824. The topological polar surface area (TPSA) is 63.3 Å². The molecule has 20 heavy (non-hydrogen) atoms. The first-order valence-corrected chi connectivity index (χ1v) is 7.58. The molecule has 0 bridgehead atoms. The Morgan fingerprint density at radius 2 is 1.80 bits per heavy atom. The fourth-order valence-corrected chi connectivity index (χ4v) is 3.98. The fourth-order valence-electron chi connectivity index (χ4n) is 3.98. The highest BCUT2D eigenvalue weighted by atomic mass is 16.4. The van der Waals surface area contributed by atoms with Crippen molar-refractivity contribution >= 4 is 5.97 Å². The van der Waals surface area contributed by atoms with E-state index in [0.717, 1.165) is 12.0 Å². The third-order valence-electron chi connectivity index (χ3n) is 5.10. The van der Waals surface area contributed by atoms with Crippen molar-refractivity contribution < 1.29 is 9.90 Å². The van der Waals surface area contributed by atoms with Crippen molar-refractivity contribution in [3.05, 3.63) is 11.6 Å². The van der Waals surface area contributed by atoms with Crippen LogP contribution >= 0.6 is 0 Å². The number of hydrogen-bond donors (Lipinski definition) is 2. The standard InChI is InChI=1S/C17H31NO2/c1-8-16(13(19)20)11-9-10-12(14(2,3)4)17(16,18)15(5,6)7/h10H,8-9,11,18H2,1-7H3,(H,19,20). The zero-order valence-corrected chi connectivity index (χ0v) is 14.1. The van der Waals surface area contributed by atoms with Gasteiger partial charge in [0.2, 0.25) is 0 Å². The maximum absolute atomic E-state index is 12.1. The van der Waals surface area contributed by atoms with Crippen LogP contribution in [0.3, 0.4) is 0 Å². The molecule has 1 aliphatic rings. The predicted octanol–water partition coefficient (Wildman–Crippen LogP) is 3.98. The van der Waals surface area contributed by atoms with E-state index >= 15 is 0 Å². The molecule has 0 amide bonds. The summed E-state index contributed by atoms with van der Waals surface area (Å²) in [5, 5.41) is 9.96. The predicted molar refractivity (Wildman–Crippen MR) is 83.5 cm³/mol. The lowest BCUT2D eigenvalue weighted by atomic mass is 9.47. The molecule has 1 aliphatic carbocycles. The van der Waals surface area contributed by atoms with E-state index in [9.17, 15) is 9.90 Å². The second-order valence-corrected chi connectivity index (χ2v) is 8.21. The van der Waals surface area contributed by atoms with Gasteiger partial charge in [0.15, 0.2) is 0 Å². The molecule has 0 radical (unpaired) electrons. The zero-order chi connectivity index (χ0) is 16.0. The molecule has 116 valence electrons. The Morgan fingerprint density at radius 1 is 1.30 bits per heavy atom. The van der Waals surface area contributed by atoms with E-state index in [-0.39, 0.29) is 10.8 Å². The zero-order valence-electron chi connectivity index (χ0n) is 14.1. The highest BCUT2D eigenvalue weighted by Crippen LogP contribution is 2.57. The van der Waals surface area contributed by atoms with E-state index in [0.29, 0.717) is 12.8 Å². The third-order valence-corrected chi connectivity index (χ3v) is 5.10. The number of carbonyl (C=O) groups is 1. The molecule has 0 spiro atoms. The number of carboxylic acid groups (broad SMARTS) is 1. The van der Waals surface area contributed by atoms with E-state index in [4.69, 9.17) is 5.73 Å². The van der Waals surface area contributed by atoms with Crippen LogP contribution in [0.2, 0.25) is 0 Å². The lowest BCUT2D eigenvalue weighted by Crippen LogP contribution is -2.69. The van der Waals surface area contributed by atoms with Crippen molar-refractivity contribution in [2.24, 2.45) is 22.0 Å². The summed E-state index contributed by atoms with van der Waals surface area (Å²) in [6.45, 7) is 14.5. The van der Waals surface area contributed by atoms with Gasteiger partial charge in [-0.15, -0.1) is 0 Å². The Kier molecular flexibility index (Phi) is 4.19. The van der Waals surface area contributed by atoms with Crippen LogP contribution in [0.5, 0.6) is 0 Å². The Hall–Kier alpha value is -0.830. The van der Waals surface area contributed by atoms with Crippen molar-refractivity contribution in [1.82, 2.24) is 0 Å². The molecular weight excluding hydrogens is 250 g/mol. The lowest BCUT2D eigenvalue weighted by Gasteiger charge is -2.58. The van der Waals surface area contributed by atoms with Gasteiger partial charge in [0.1, 0.15) is 0 Å². The molecule has 0 saturated carbocycles. The Labute approximate surface area is 123 Å². The Morgan fingerprint density at radius 3 is 2.10 bits per heavy atom. The summed E-state index contributed by atoms with van der Waals surface area (Å²) < 4.78 is 0.